The number of hydrogen-bond donors (Lipinski definition) is 2. The number of amides is 1. The van der Waals surface area contributed by atoms with Crippen LogP contribution in [-0.2, 0) is 19.4 Å². The molecule has 8 heteroatoms. The number of aliphatic carboxylic acids is 1. The summed E-state index contributed by atoms with van der Waals surface area (Å²) in [4.78, 5) is 24.0. The standard InChI is InChI=1S/C13H24N2O5S/c1-2-5-13(12(17)18)6-3-7-15(13)8-10-21(19,20)9-4-11(14)16/h2-10H2,1H3,(H2,14,16)(H,17,18). The molecule has 0 radical (unpaired) electrons. The van der Waals surface area contributed by atoms with Gasteiger partial charge >= 0.3 is 5.97 Å². The lowest BCUT2D eigenvalue weighted by atomic mass is 9.91. The van der Waals surface area contributed by atoms with Gasteiger partial charge in [0.2, 0.25) is 5.91 Å². The van der Waals surface area contributed by atoms with Crippen LogP contribution in [0.15, 0.2) is 0 Å². The molecule has 1 fully saturated rings. The van der Waals surface area contributed by atoms with Gasteiger partial charge in [-0.05, 0) is 25.8 Å². The van der Waals surface area contributed by atoms with Crippen LogP contribution < -0.4 is 5.73 Å². The van der Waals surface area contributed by atoms with Crippen LogP contribution in [-0.4, -0.2) is 60.4 Å². The van der Waals surface area contributed by atoms with Gasteiger partial charge in [-0.15, -0.1) is 0 Å². The maximum Gasteiger partial charge on any atom is 0.324 e. The average molecular weight is 320 g/mol. The zero-order valence-corrected chi connectivity index (χ0v) is 13.2. The second-order valence-electron chi connectivity index (χ2n) is 5.55. The third kappa shape index (κ3) is 4.67. The van der Waals surface area contributed by atoms with Crippen LogP contribution in [0.1, 0.15) is 39.0 Å². The minimum atomic E-state index is -3.39. The summed E-state index contributed by atoms with van der Waals surface area (Å²) >= 11 is 0. The molecule has 1 unspecified atom stereocenters. The van der Waals surface area contributed by atoms with Crippen molar-refractivity contribution < 1.29 is 23.1 Å². The maximum atomic E-state index is 11.8. The van der Waals surface area contributed by atoms with E-state index in [0.717, 1.165) is 12.8 Å². The minimum Gasteiger partial charge on any atom is -0.480 e. The Hall–Kier alpha value is -1.15. The number of nitrogens with two attached hydrogens (primary N) is 1. The van der Waals surface area contributed by atoms with Gasteiger partial charge in [0, 0.05) is 13.0 Å². The van der Waals surface area contributed by atoms with Crippen LogP contribution in [0.2, 0.25) is 0 Å². The predicted octanol–water partition coefficient (Wildman–Crippen LogP) is -0.00410. The van der Waals surface area contributed by atoms with E-state index in [2.05, 4.69) is 0 Å². The van der Waals surface area contributed by atoms with Crippen molar-refractivity contribution in [3.8, 4) is 0 Å². The Balaban J connectivity index is 2.68. The van der Waals surface area contributed by atoms with E-state index in [9.17, 15) is 23.1 Å². The summed E-state index contributed by atoms with van der Waals surface area (Å²) in [5.41, 5.74) is 4.01. The van der Waals surface area contributed by atoms with Crippen LogP contribution in [0.5, 0.6) is 0 Å². The van der Waals surface area contributed by atoms with E-state index in [1.807, 2.05) is 6.92 Å². The number of rotatable bonds is 9. The van der Waals surface area contributed by atoms with E-state index in [1.165, 1.54) is 0 Å². The Labute approximate surface area is 125 Å². The molecule has 0 saturated carbocycles. The Morgan fingerprint density at radius 2 is 2.00 bits per heavy atom. The molecule has 21 heavy (non-hydrogen) atoms. The molecule has 1 heterocycles. The van der Waals surface area contributed by atoms with Crippen LogP contribution >= 0.6 is 0 Å². The molecule has 1 rings (SSSR count). The number of carbonyl (C=O) groups excluding carboxylic acids is 1. The highest BCUT2D eigenvalue weighted by Gasteiger charge is 2.46. The van der Waals surface area contributed by atoms with E-state index in [1.54, 1.807) is 4.90 Å². The van der Waals surface area contributed by atoms with Gasteiger partial charge in [0.05, 0.1) is 11.5 Å². The van der Waals surface area contributed by atoms with Crippen molar-refractivity contribution in [3.05, 3.63) is 0 Å². The van der Waals surface area contributed by atoms with Gasteiger partial charge in [0.1, 0.15) is 5.54 Å². The van der Waals surface area contributed by atoms with Crippen molar-refractivity contribution in [1.82, 2.24) is 4.90 Å². The third-order valence-corrected chi connectivity index (χ3v) is 5.65. The Morgan fingerprint density at radius 1 is 1.33 bits per heavy atom. The molecule has 0 bridgehead atoms. The monoisotopic (exact) mass is 320 g/mol. The van der Waals surface area contributed by atoms with Gasteiger partial charge in [-0.3, -0.25) is 14.5 Å². The van der Waals surface area contributed by atoms with Crippen LogP contribution in [0, 0.1) is 0 Å². The zero-order valence-electron chi connectivity index (χ0n) is 12.4. The zero-order chi connectivity index (χ0) is 16.1. The highest BCUT2D eigenvalue weighted by atomic mass is 32.2. The predicted molar refractivity (Wildman–Crippen MR) is 78.5 cm³/mol. The van der Waals surface area contributed by atoms with Crippen molar-refractivity contribution in [2.75, 3.05) is 24.6 Å². The Morgan fingerprint density at radius 3 is 2.52 bits per heavy atom. The quantitative estimate of drug-likeness (QED) is 0.617. The number of carboxylic acids is 1. The fraction of sp³-hybridized carbons (Fsp3) is 0.846. The Bertz CT molecular complexity index is 491. The van der Waals surface area contributed by atoms with Crippen LogP contribution in [0.25, 0.3) is 0 Å². The number of primary amides is 1. The fourth-order valence-corrected chi connectivity index (χ4v) is 4.13. The van der Waals surface area contributed by atoms with E-state index < -0.39 is 27.3 Å². The topological polar surface area (TPSA) is 118 Å². The lowest BCUT2D eigenvalue weighted by molar-refractivity contribution is -0.150. The molecule has 1 atom stereocenters. The largest absolute Gasteiger partial charge is 0.480 e. The molecule has 0 aromatic carbocycles. The molecule has 1 saturated heterocycles. The SMILES string of the molecule is CCCC1(C(=O)O)CCCN1CCS(=O)(=O)CCC(N)=O. The number of sulfone groups is 1. The molecule has 0 aromatic heterocycles. The molecule has 1 amide bonds. The minimum absolute atomic E-state index is 0.140. The molecule has 0 aromatic rings. The summed E-state index contributed by atoms with van der Waals surface area (Å²) in [6, 6.07) is 0. The molecule has 3 N–H and O–H groups in total. The van der Waals surface area contributed by atoms with E-state index in [-0.39, 0.29) is 24.5 Å². The molecule has 122 valence electrons. The van der Waals surface area contributed by atoms with Crippen molar-refractivity contribution in [1.29, 1.82) is 0 Å². The lowest BCUT2D eigenvalue weighted by Crippen LogP contribution is -2.51. The first-order valence-corrected chi connectivity index (χ1v) is 9.03. The van der Waals surface area contributed by atoms with Gasteiger partial charge in [0.25, 0.3) is 0 Å². The molecule has 0 spiro atoms. The van der Waals surface area contributed by atoms with Crippen molar-refractivity contribution in [3.63, 3.8) is 0 Å². The number of hydrogen-bond acceptors (Lipinski definition) is 5. The Kier molecular flexibility index (Phi) is 6.15. The normalized spacial score (nSPS) is 23.3. The highest BCUT2D eigenvalue weighted by Crippen LogP contribution is 2.33. The third-order valence-electron chi connectivity index (χ3n) is 4.02. The molecular formula is C13H24N2O5S. The second kappa shape index (κ2) is 7.22. The summed E-state index contributed by atoms with van der Waals surface area (Å²) in [7, 11) is -3.39. The first-order chi connectivity index (χ1) is 9.73. The lowest BCUT2D eigenvalue weighted by Gasteiger charge is -2.34. The summed E-state index contributed by atoms with van der Waals surface area (Å²) in [6.45, 7) is 2.70. The molecule has 1 aliphatic rings. The number of carbonyl (C=O) groups is 2. The van der Waals surface area contributed by atoms with Crippen LogP contribution in [0.3, 0.4) is 0 Å². The number of likely N-dealkylation sites (tertiary alicyclic amines) is 1. The second-order valence-corrected chi connectivity index (χ2v) is 7.85. The van der Waals surface area contributed by atoms with Gasteiger partial charge in [-0.25, -0.2) is 8.42 Å². The highest BCUT2D eigenvalue weighted by molar-refractivity contribution is 7.91. The smallest absolute Gasteiger partial charge is 0.324 e. The summed E-state index contributed by atoms with van der Waals surface area (Å²) in [6.07, 6.45) is 2.37. The molecule has 7 nitrogen and oxygen atoms in total. The van der Waals surface area contributed by atoms with E-state index in [4.69, 9.17) is 5.73 Å². The summed E-state index contributed by atoms with van der Waals surface area (Å²) in [5.74, 6) is -1.94. The van der Waals surface area contributed by atoms with Gasteiger partial charge in [0.15, 0.2) is 9.84 Å². The van der Waals surface area contributed by atoms with E-state index in [0.29, 0.717) is 19.4 Å². The van der Waals surface area contributed by atoms with E-state index >= 15 is 0 Å². The first-order valence-electron chi connectivity index (χ1n) is 7.21. The van der Waals surface area contributed by atoms with Crippen molar-refractivity contribution in [2.45, 2.75) is 44.6 Å². The molecular weight excluding hydrogens is 296 g/mol. The van der Waals surface area contributed by atoms with Gasteiger partial charge < -0.3 is 10.8 Å². The fourth-order valence-electron chi connectivity index (χ4n) is 2.91. The number of carboxylic acid groups (broad SMARTS) is 1. The molecule has 1 aliphatic heterocycles. The average Bonchev–Trinajstić information content (AvgIpc) is 2.79. The summed E-state index contributed by atoms with van der Waals surface area (Å²) in [5, 5.41) is 9.52. The van der Waals surface area contributed by atoms with Gasteiger partial charge in [-0.1, -0.05) is 13.3 Å². The van der Waals surface area contributed by atoms with Crippen molar-refractivity contribution >= 4 is 21.7 Å². The maximum absolute atomic E-state index is 11.8. The summed E-state index contributed by atoms with van der Waals surface area (Å²) < 4.78 is 23.7. The van der Waals surface area contributed by atoms with Gasteiger partial charge in [-0.2, -0.15) is 0 Å². The van der Waals surface area contributed by atoms with Crippen LogP contribution in [0.4, 0.5) is 0 Å². The first kappa shape index (κ1) is 17.9. The number of nitrogens with zero attached hydrogens (tertiary/aromatic N) is 1. The molecule has 0 aliphatic carbocycles. The van der Waals surface area contributed by atoms with Crippen molar-refractivity contribution in [2.24, 2.45) is 5.73 Å².